The average molecular weight is 316 g/mol. The predicted octanol–water partition coefficient (Wildman–Crippen LogP) is 2.20. The maximum Gasteiger partial charge on any atom is 0.179 e. The van der Waals surface area contributed by atoms with Crippen LogP contribution in [0.4, 0.5) is 0 Å². The lowest BCUT2D eigenvalue weighted by molar-refractivity contribution is -0.0631. The zero-order valence-electron chi connectivity index (χ0n) is 12.7. The Hall–Kier alpha value is -1.01. The Labute approximate surface area is 130 Å². The summed E-state index contributed by atoms with van der Waals surface area (Å²) >= 11 is 6.42. The van der Waals surface area contributed by atoms with Crippen LogP contribution in [0.3, 0.4) is 0 Å². The molecule has 0 unspecified atom stereocenters. The zero-order chi connectivity index (χ0) is 15.2. The number of hydrogen-bond acceptors (Lipinski definition) is 5. The van der Waals surface area contributed by atoms with Crippen molar-refractivity contribution in [3.63, 3.8) is 0 Å². The molecular weight excluding hydrogens is 294 g/mol. The number of hydrogen-bond donors (Lipinski definition) is 0. The van der Waals surface area contributed by atoms with E-state index >= 15 is 0 Å². The van der Waals surface area contributed by atoms with Crippen molar-refractivity contribution >= 4 is 11.6 Å². The van der Waals surface area contributed by atoms with Gasteiger partial charge in [0.25, 0.3) is 0 Å². The largest absolute Gasteiger partial charge is 0.493 e. The van der Waals surface area contributed by atoms with Crippen LogP contribution >= 0.6 is 11.6 Å². The summed E-state index contributed by atoms with van der Waals surface area (Å²) in [5.41, 5.74) is 1.02. The van der Waals surface area contributed by atoms with E-state index in [2.05, 4.69) is 4.90 Å². The minimum Gasteiger partial charge on any atom is -0.493 e. The summed E-state index contributed by atoms with van der Waals surface area (Å²) < 4.78 is 21.4. The summed E-state index contributed by atoms with van der Waals surface area (Å²) in [6, 6.07) is 3.86. The first-order chi connectivity index (χ1) is 10.2. The number of methoxy groups -OCH3 is 3. The van der Waals surface area contributed by atoms with E-state index in [4.69, 9.17) is 30.5 Å². The second-order valence-electron chi connectivity index (χ2n) is 4.96. The van der Waals surface area contributed by atoms with Gasteiger partial charge in [-0.15, -0.1) is 0 Å². The molecule has 0 aliphatic carbocycles. The fourth-order valence-electron chi connectivity index (χ4n) is 2.50. The van der Waals surface area contributed by atoms with Gasteiger partial charge in [0.1, 0.15) is 0 Å². The molecule has 0 N–H and O–H groups in total. The highest BCUT2D eigenvalue weighted by molar-refractivity contribution is 6.33. The monoisotopic (exact) mass is 315 g/mol. The molecule has 0 amide bonds. The second-order valence-corrected chi connectivity index (χ2v) is 5.34. The fraction of sp³-hybridized carbons (Fsp3) is 0.600. The van der Waals surface area contributed by atoms with Crippen LogP contribution in [-0.4, -0.2) is 58.6 Å². The topological polar surface area (TPSA) is 40.2 Å². The van der Waals surface area contributed by atoms with Crippen molar-refractivity contribution in [2.24, 2.45) is 0 Å². The third-order valence-corrected chi connectivity index (χ3v) is 3.95. The van der Waals surface area contributed by atoms with Gasteiger partial charge in [-0.3, -0.25) is 4.90 Å². The molecule has 21 heavy (non-hydrogen) atoms. The number of morpholine rings is 1. The van der Waals surface area contributed by atoms with E-state index in [1.165, 1.54) is 0 Å². The smallest absolute Gasteiger partial charge is 0.179 e. The van der Waals surface area contributed by atoms with E-state index in [1.807, 2.05) is 12.1 Å². The summed E-state index contributed by atoms with van der Waals surface area (Å²) in [6.45, 7) is 3.78. The van der Waals surface area contributed by atoms with Crippen LogP contribution in [-0.2, 0) is 16.0 Å². The van der Waals surface area contributed by atoms with Gasteiger partial charge >= 0.3 is 0 Å². The van der Waals surface area contributed by atoms with Crippen molar-refractivity contribution in [2.45, 2.75) is 12.6 Å². The molecule has 0 aromatic heterocycles. The average Bonchev–Trinajstić information content (AvgIpc) is 2.50. The third kappa shape index (κ3) is 4.01. The number of ether oxygens (including phenoxy) is 4. The van der Waals surface area contributed by atoms with Gasteiger partial charge < -0.3 is 18.9 Å². The molecule has 1 aliphatic heterocycles. The highest BCUT2D eigenvalue weighted by Gasteiger charge is 2.22. The molecule has 0 spiro atoms. The molecule has 1 saturated heterocycles. The standard InChI is InChI=1S/C15H22ClNO4/c1-18-10-12-9-17(6-7-21-12)8-11-4-5-13(19-2)15(20-3)14(11)16/h4-5,12H,6-10H2,1-3H3/t12-/m0/s1. The van der Waals surface area contributed by atoms with E-state index in [0.717, 1.165) is 25.2 Å². The van der Waals surface area contributed by atoms with Crippen molar-refractivity contribution in [2.75, 3.05) is 47.6 Å². The zero-order valence-corrected chi connectivity index (χ0v) is 13.5. The molecule has 1 atom stereocenters. The summed E-state index contributed by atoms with van der Waals surface area (Å²) in [5, 5.41) is 0.603. The molecule has 1 aromatic rings. The predicted molar refractivity (Wildman–Crippen MR) is 81.4 cm³/mol. The molecule has 0 radical (unpaired) electrons. The van der Waals surface area contributed by atoms with Crippen molar-refractivity contribution in [1.29, 1.82) is 0 Å². The summed E-state index contributed by atoms with van der Waals surface area (Å²) in [6.07, 6.45) is 0.114. The number of halogens is 1. The van der Waals surface area contributed by atoms with Gasteiger partial charge in [-0.2, -0.15) is 0 Å². The first-order valence-corrected chi connectivity index (χ1v) is 7.29. The molecule has 5 nitrogen and oxygen atoms in total. The molecule has 1 aromatic carbocycles. The lowest BCUT2D eigenvalue weighted by atomic mass is 10.1. The van der Waals surface area contributed by atoms with Crippen molar-refractivity contribution < 1.29 is 18.9 Å². The third-order valence-electron chi connectivity index (χ3n) is 3.53. The molecule has 1 fully saturated rings. The van der Waals surface area contributed by atoms with Crippen molar-refractivity contribution in [3.05, 3.63) is 22.7 Å². The number of rotatable bonds is 6. The van der Waals surface area contributed by atoms with Gasteiger partial charge in [0, 0.05) is 26.7 Å². The number of nitrogens with zero attached hydrogens (tertiary/aromatic N) is 1. The quantitative estimate of drug-likeness (QED) is 0.805. The van der Waals surface area contributed by atoms with Crippen LogP contribution < -0.4 is 9.47 Å². The van der Waals surface area contributed by atoms with Crippen LogP contribution in [0.5, 0.6) is 11.5 Å². The maximum absolute atomic E-state index is 6.42. The summed E-state index contributed by atoms with van der Waals surface area (Å²) in [4.78, 5) is 2.31. The van der Waals surface area contributed by atoms with Crippen molar-refractivity contribution in [1.82, 2.24) is 4.90 Å². The van der Waals surface area contributed by atoms with Gasteiger partial charge in [0.05, 0.1) is 38.6 Å². The highest BCUT2D eigenvalue weighted by Crippen LogP contribution is 2.37. The van der Waals surface area contributed by atoms with Gasteiger partial charge in [-0.25, -0.2) is 0 Å². The maximum atomic E-state index is 6.42. The SMILES string of the molecule is COC[C@@H]1CN(Cc2ccc(OC)c(OC)c2Cl)CCO1. The Balaban J connectivity index is 2.09. The molecule has 1 aliphatic rings. The van der Waals surface area contributed by atoms with Crippen LogP contribution in [0.25, 0.3) is 0 Å². The van der Waals surface area contributed by atoms with Gasteiger partial charge in [0.15, 0.2) is 11.5 Å². The highest BCUT2D eigenvalue weighted by atomic mass is 35.5. The molecular formula is C15H22ClNO4. The van der Waals surface area contributed by atoms with Crippen LogP contribution in [0.1, 0.15) is 5.56 Å². The molecule has 1 heterocycles. The Morgan fingerprint density at radius 1 is 1.29 bits per heavy atom. The Morgan fingerprint density at radius 2 is 2.10 bits per heavy atom. The van der Waals surface area contributed by atoms with E-state index in [-0.39, 0.29) is 6.10 Å². The Morgan fingerprint density at radius 3 is 2.76 bits per heavy atom. The van der Waals surface area contributed by atoms with Crippen molar-refractivity contribution in [3.8, 4) is 11.5 Å². The van der Waals surface area contributed by atoms with Crippen LogP contribution in [0.15, 0.2) is 12.1 Å². The van der Waals surface area contributed by atoms with Gasteiger partial charge in [-0.05, 0) is 11.6 Å². The van der Waals surface area contributed by atoms with E-state index < -0.39 is 0 Å². The lowest BCUT2D eigenvalue weighted by Crippen LogP contribution is -2.43. The minimum absolute atomic E-state index is 0.114. The number of benzene rings is 1. The molecule has 0 bridgehead atoms. The molecule has 2 rings (SSSR count). The van der Waals surface area contributed by atoms with Crippen LogP contribution in [0.2, 0.25) is 5.02 Å². The van der Waals surface area contributed by atoms with E-state index in [0.29, 0.717) is 29.7 Å². The lowest BCUT2D eigenvalue weighted by Gasteiger charge is -2.32. The Kier molecular flexibility index (Phi) is 6.11. The summed E-state index contributed by atoms with van der Waals surface area (Å²) in [7, 11) is 4.88. The fourth-order valence-corrected chi connectivity index (χ4v) is 2.80. The summed E-state index contributed by atoms with van der Waals surface area (Å²) in [5.74, 6) is 1.23. The van der Waals surface area contributed by atoms with Gasteiger partial charge in [0.2, 0.25) is 0 Å². The normalized spacial score (nSPS) is 19.5. The van der Waals surface area contributed by atoms with E-state index in [1.54, 1.807) is 21.3 Å². The Bertz CT molecular complexity index is 467. The van der Waals surface area contributed by atoms with E-state index in [9.17, 15) is 0 Å². The van der Waals surface area contributed by atoms with Crippen LogP contribution in [0, 0.1) is 0 Å². The molecule has 118 valence electrons. The molecule has 0 saturated carbocycles. The molecule has 6 heteroatoms. The second kappa shape index (κ2) is 7.84. The first kappa shape index (κ1) is 16.4. The first-order valence-electron chi connectivity index (χ1n) is 6.91. The van der Waals surface area contributed by atoms with Gasteiger partial charge in [-0.1, -0.05) is 17.7 Å². The minimum atomic E-state index is 0.114.